The van der Waals surface area contributed by atoms with Gasteiger partial charge >= 0.3 is 0 Å². The van der Waals surface area contributed by atoms with Crippen LogP contribution in [0.2, 0.25) is 0 Å². The smallest absolute Gasteiger partial charge is 0.0496 e. The monoisotopic (exact) mass is 146 g/mol. The average molecular weight is 146 g/mol. The van der Waals surface area contributed by atoms with Crippen molar-refractivity contribution in [3.05, 3.63) is 48.6 Å². The zero-order valence-electron chi connectivity index (χ0n) is 6.46. The zero-order chi connectivity index (χ0) is 8.10. The van der Waals surface area contributed by atoms with Crippen molar-refractivity contribution in [1.82, 2.24) is 5.73 Å². The summed E-state index contributed by atoms with van der Waals surface area (Å²) in [5.74, 6) is 0. The Balaban J connectivity index is 2.68. The van der Waals surface area contributed by atoms with Crippen LogP contribution in [-0.2, 0) is 0 Å². The van der Waals surface area contributed by atoms with Crippen molar-refractivity contribution in [2.45, 2.75) is 12.5 Å². The van der Waals surface area contributed by atoms with E-state index in [1.54, 1.807) is 6.08 Å². The number of benzene rings is 1. The van der Waals surface area contributed by atoms with Crippen molar-refractivity contribution in [3.63, 3.8) is 0 Å². The first-order chi connectivity index (χ1) is 5.34. The number of nitrogens with one attached hydrogen (secondary N) is 1. The van der Waals surface area contributed by atoms with E-state index in [9.17, 15) is 0 Å². The summed E-state index contributed by atoms with van der Waals surface area (Å²) < 4.78 is 0. The summed E-state index contributed by atoms with van der Waals surface area (Å²) in [6, 6.07) is 9.68. The molecule has 1 heteroatoms. The Morgan fingerprint density at radius 1 is 1.36 bits per heavy atom. The van der Waals surface area contributed by atoms with Crippen LogP contribution in [-0.4, -0.2) is 0 Å². The van der Waals surface area contributed by atoms with Gasteiger partial charge in [-0.3, -0.25) is 0 Å². The summed E-state index contributed by atoms with van der Waals surface area (Å²) in [6.45, 7) is 3.61. The van der Waals surface area contributed by atoms with Gasteiger partial charge in [0.1, 0.15) is 0 Å². The molecule has 0 heterocycles. The predicted molar refractivity (Wildman–Crippen MR) is 47.1 cm³/mol. The maximum Gasteiger partial charge on any atom is 0.0496 e. The van der Waals surface area contributed by atoms with Gasteiger partial charge in [-0.2, -0.15) is 0 Å². The Kier molecular flexibility index (Phi) is 2.87. The Morgan fingerprint density at radius 2 is 2.00 bits per heavy atom. The summed E-state index contributed by atoms with van der Waals surface area (Å²) in [5, 5.41) is 0. The van der Waals surface area contributed by atoms with E-state index in [2.05, 4.69) is 6.58 Å². The second-order valence-electron chi connectivity index (χ2n) is 2.49. The minimum atomic E-state index is -0.145. The van der Waals surface area contributed by atoms with Crippen LogP contribution in [0.25, 0.3) is 0 Å². The molecule has 0 aliphatic rings. The standard InChI is InChI=1S/C10H12N/c1-2-6-10(11)9-7-4-3-5-8-9/h2-5,7-8,10-11H,1,6H2. The van der Waals surface area contributed by atoms with Gasteiger partial charge in [0.05, 0.1) is 0 Å². The van der Waals surface area contributed by atoms with Gasteiger partial charge in [-0.1, -0.05) is 36.4 Å². The van der Waals surface area contributed by atoms with Gasteiger partial charge in [0, 0.05) is 6.04 Å². The van der Waals surface area contributed by atoms with Crippen molar-refractivity contribution in [2.75, 3.05) is 0 Å². The summed E-state index contributed by atoms with van der Waals surface area (Å²) in [7, 11) is 0. The molecule has 1 radical (unpaired) electrons. The van der Waals surface area contributed by atoms with Gasteiger partial charge in [-0.05, 0) is 12.0 Å². The van der Waals surface area contributed by atoms with E-state index in [0.717, 1.165) is 12.0 Å². The summed E-state index contributed by atoms with van der Waals surface area (Å²) >= 11 is 0. The fourth-order valence-electron chi connectivity index (χ4n) is 0.988. The molecule has 1 nitrogen and oxygen atoms in total. The highest BCUT2D eigenvalue weighted by Crippen LogP contribution is 2.14. The van der Waals surface area contributed by atoms with Gasteiger partial charge in [0.15, 0.2) is 0 Å². The summed E-state index contributed by atoms with van der Waals surface area (Å²) in [4.78, 5) is 0. The largest absolute Gasteiger partial charge is 0.249 e. The number of hydrogen-bond acceptors (Lipinski definition) is 0. The second kappa shape index (κ2) is 3.94. The van der Waals surface area contributed by atoms with Crippen LogP contribution in [0.1, 0.15) is 18.0 Å². The molecule has 0 bridgehead atoms. The molecule has 1 unspecified atom stereocenters. The lowest BCUT2D eigenvalue weighted by molar-refractivity contribution is 0.716. The van der Waals surface area contributed by atoms with Crippen molar-refractivity contribution >= 4 is 0 Å². The van der Waals surface area contributed by atoms with E-state index >= 15 is 0 Å². The molecule has 1 aromatic rings. The Labute approximate surface area is 67.5 Å². The molecular formula is C10H12N. The van der Waals surface area contributed by atoms with E-state index in [1.165, 1.54) is 0 Å². The topological polar surface area (TPSA) is 23.8 Å². The second-order valence-corrected chi connectivity index (χ2v) is 2.49. The van der Waals surface area contributed by atoms with Gasteiger partial charge < -0.3 is 0 Å². The molecule has 0 saturated heterocycles. The molecule has 0 aliphatic heterocycles. The first-order valence-electron chi connectivity index (χ1n) is 3.71. The van der Waals surface area contributed by atoms with Crippen LogP contribution in [0.15, 0.2) is 43.0 Å². The fourth-order valence-corrected chi connectivity index (χ4v) is 0.988. The van der Waals surface area contributed by atoms with E-state index < -0.39 is 0 Å². The minimum Gasteiger partial charge on any atom is -0.249 e. The van der Waals surface area contributed by atoms with E-state index in [0.29, 0.717) is 0 Å². The highest BCUT2D eigenvalue weighted by Gasteiger charge is 2.01. The summed E-state index contributed by atoms with van der Waals surface area (Å²) in [5.41, 5.74) is 8.70. The molecule has 0 saturated carbocycles. The third-order valence-corrected chi connectivity index (χ3v) is 1.60. The highest BCUT2D eigenvalue weighted by molar-refractivity contribution is 5.18. The lowest BCUT2D eigenvalue weighted by Gasteiger charge is -2.06. The van der Waals surface area contributed by atoms with Crippen molar-refractivity contribution < 1.29 is 0 Å². The van der Waals surface area contributed by atoms with Gasteiger partial charge in [-0.25, -0.2) is 5.73 Å². The van der Waals surface area contributed by atoms with Crippen molar-refractivity contribution in [2.24, 2.45) is 0 Å². The van der Waals surface area contributed by atoms with Crippen LogP contribution < -0.4 is 5.73 Å². The maximum atomic E-state index is 7.64. The van der Waals surface area contributed by atoms with Crippen LogP contribution in [0.5, 0.6) is 0 Å². The molecule has 1 aromatic carbocycles. The summed E-state index contributed by atoms with van der Waals surface area (Å²) in [6.07, 6.45) is 2.51. The van der Waals surface area contributed by atoms with Crippen molar-refractivity contribution in [1.29, 1.82) is 0 Å². The third-order valence-electron chi connectivity index (χ3n) is 1.60. The molecule has 1 N–H and O–H groups in total. The van der Waals surface area contributed by atoms with Crippen molar-refractivity contribution in [3.8, 4) is 0 Å². The molecule has 1 atom stereocenters. The van der Waals surface area contributed by atoms with E-state index in [4.69, 9.17) is 5.73 Å². The molecule has 11 heavy (non-hydrogen) atoms. The van der Waals surface area contributed by atoms with E-state index in [-0.39, 0.29) is 6.04 Å². The molecule has 0 amide bonds. The first kappa shape index (κ1) is 8.02. The lowest BCUT2D eigenvalue weighted by atomic mass is 10.1. The SMILES string of the molecule is C=CCC([NH])c1ccccc1. The quantitative estimate of drug-likeness (QED) is 0.585. The maximum absolute atomic E-state index is 7.64. The fraction of sp³-hybridized carbons (Fsp3) is 0.200. The van der Waals surface area contributed by atoms with Gasteiger partial charge in [0.25, 0.3) is 0 Å². The molecule has 57 valence electrons. The van der Waals surface area contributed by atoms with Gasteiger partial charge in [0.2, 0.25) is 0 Å². The molecule has 0 aromatic heterocycles. The molecule has 0 fully saturated rings. The molecule has 1 rings (SSSR count). The molecule has 0 spiro atoms. The number of rotatable bonds is 3. The van der Waals surface area contributed by atoms with E-state index in [1.807, 2.05) is 30.3 Å². The lowest BCUT2D eigenvalue weighted by Crippen LogP contribution is -1.96. The first-order valence-corrected chi connectivity index (χ1v) is 3.71. The molecule has 0 aliphatic carbocycles. The highest BCUT2D eigenvalue weighted by atomic mass is 14.6. The van der Waals surface area contributed by atoms with Crippen LogP contribution in [0, 0.1) is 0 Å². The predicted octanol–water partition coefficient (Wildman–Crippen LogP) is 2.59. The Hall–Kier alpha value is -1.08. The minimum absolute atomic E-state index is 0.145. The van der Waals surface area contributed by atoms with Crippen LogP contribution >= 0.6 is 0 Å². The Bertz CT molecular complexity index is 216. The zero-order valence-corrected chi connectivity index (χ0v) is 6.46. The normalized spacial score (nSPS) is 12.5. The van der Waals surface area contributed by atoms with Gasteiger partial charge in [-0.15, -0.1) is 6.58 Å². The third kappa shape index (κ3) is 2.20. The number of hydrogen-bond donors (Lipinski definition) is 0. The van der Waals surface area contributed by atoms with Crippen LogP contribution in [0.3, 0.4) is 0 Å². The Morgan fingerprint density at radius 3 is 2.55 bits per heavy atom. The van der Waals surface area contributed by atoms with Crippen LogP contribution in [0.4, 0.5) is 0 Å². The molecular weight excluding hydrogens is 134 g/mol. The average Bonchev–Trinajstić information content (AvgIpc) is 2.07.